The zero-order chi connectivity index (χ0) is 19.4. The maximum absolute atomic E-state index is 12.0. The molecule has 26 heavy (non-hydrogen) atoms. The van der Waals surface area contributed by atoms with Crippen molar-refractivity contribution < 1.29 is 24.6 Å². The molecule has 1 amide bonds. The monoisotopic (exact) mass is 377 g/mol. The predicted molar refractivity (Wildman–Crippen MR) is 97.8 cm³/mol. The zero-order valence-electron chi connectivity index (χ0n) is 14.6. The molecule has 2 aromatic rings. The number of hydrogen-bond donors (Lipinski definition) is 2. The maximum Gasteiger partial charge on any atom is 0.323 e. The average molecular weight is 377 g/mol. The number of thiazole rings is 1. The van der Waals surface area contributed by atoms with Crippen LogP contribution in [0.25, 0.3) is 10.6 Å². The second-order valence-corrected chi connectivity index (χ2v) is 6.74. The normalized spacial score (nSPS) is 10.4. The molecule has 0 atom stereocenters. The number of rotatable bonds is 7. The molecule has 0 saturated carbocycles. The van der Waals surface area contributed by atoms with Gasteiger partial charge in [0.2, 0.25) is 0 Å². The van der Waals surface area contributed by atoms with E-state index in [1.807, 2.05) is 0 Å². The molecule has 0 radical (unpaired) electrons. The highest BCUT2D eigenvalue weighted by molar-refractivity contribution is 7.13. The van der Waals surface area contributed by atoms with Crippen molar-refractivity contribution in [2.75, 3.05) is 32.1 Å². The molecular weight excluding hydrogens is 358 g/mol. The lowest BCUT2D eigenvalue weighted by Crippen LogP contribution is -2.34. The summed E-state index contributed by atoms with van der Waals surface area (Å²) in [6.07, 6.45) is 0. The van der Waals surface area contributed by atoms with E-state index in [2.05, 4.69) is 4.98 Å². The van der Waals surface area contributed by atoms with Gasteiger partial charge in [0.05, 0.1) is 0 Å². The van der Waals surface area contributed by atoms with Gasteiger partial charge in [-0.15, -0.1) is 11.3 Å². The van der Waals surface area contributed by atoms with Crippen LogP contribution in [-0.4, -0.2) is 65.1 Å². The van der Waals surface area contributed by atoms with Gasteiger partial charge in [-0.25, -0.2) is 4.98 Å². The van der Waals surface area contributed by atoms with Crippen LogP contribution in [-0.2, 0) is 9.59 Å². The van der Waals surface area contributed by atoms with Crippen molar-refractivity contribution in [2.45, 2.75) is 6.92 Å². The maximum atomic E-state index is 12.0. The minimum atomic E-state index is -1.12. The van der Waals surface area contributed by atoms with Crippen molar-refractivity contribution in [1.82, 2.24) is 9.88 Å². The molecule has 0 fully saturated rings. The standard InChI is InChI=1S/C17H19N3O5S/c1-10-4-5-11(16-18-12(9-26-16)17(25)19(2)3)6-13(10)20(7-14(21)22)8-15(23)24/h4-6,9H,7-8H2,1-3H3,(H,21,22)(H,23,24). The van der Waals surface area contributed by atoms with Crippen LogP contribution in [0.2, 0.25) is 0 Å². The zero-order valence-corrected chi connectivity index (χ0v) is 15.4. The van der Waals surface area contributed by atoms with Gasteiger partial charge in [0.25, 0.3) is 5.91 Å². The van der Waals surface area contributed by atoms with Crippen molar-refractivity contribution in [3.8, 4) is 10.6 Å². The van der Waals surface area contributed by atoms with Crippen LogP contribution in [0.1, 0.15) is 16.1 Å². The van der Waals surface area contributed by atoms with Gasteiger partial charge in [0, 0.05) is 30.7 Å². The van der Waals surface area contributed by atoms with Gasteiger partial charge in [0.1, 0.15) is 23.8 Å². The van der Waals surface area contributed by atoms with E-state index in [0.717, 1.165) is 5.56 Å². The molecule has 138 valence electrons. The van der Waals surface area contributed by atoms with Crippen LogP contribution in [0.3, 0.4) is 0 Å². The van der Waals surface area contributed by atoms with E-state index in [-0.39, 0.29) is 5.91 Å². The number of carboxylic acids is 2. The highest BCUT2D eigenvalue weighted by Crippen LogP contribution is 2.30. The summed E-state index contributed by atoms with van der Waals surface area (Å²) in [7, 11) is 3.28. The first-order chi connectivity index (χ1) is 12.2. The van der Waals surface area contributed by atoms with Crippen molar-refractivity contribution in [3.63, 3.8) is 0 Å². The van der Waals surface area contributed by atoms with Gasteiger partial charge >= 0.3 is 11.9 Å². The molecule has 1 heterocycles. The summed E-state index contributed by atoms with van der Waals surface area (Å²) in [5.74, 6) is -2.45. The second kappa shape index (κ2) is 7.96. The van der Waals surface area contributed by atoms with Gasteiger partial charge in [-0.3, -0.25) is 14.4 Å². The lowest BCUT2D eigenvalue weighted by molar-refractivity contribution is -0.136. The van der Waals surface area contributed by atoms with Crippen LogP contribution >= 0.6 is 11.3 Å². The van der Waals surface area contributed by atoms with Gasteiger partial charge < -0.3 is 20.0 Å². The third-order valence-corrected chi connectivity index (χ3v) is 4.47. The Bertz CT molecular complexity index is 831. The molecule has 0 saturated heterocycles. The first-order valence-electron chi connectivity index (χ1n) is 7.65. The number of aryl methyl sites for hydroxylation is 1. The molecule has 0 aliphatic heterocycles. The Labute approximate surface area is 154 Å². The van der Waals surface area contributed by atoms with Crippen molar-refractivity contribution in [2.24, 2.45) is 0 Å². The van der Waals surface area contributed by atoms with Crippen LogP contribution in [0.4, 0.5) is 5.69 Å². The van der Waals surface area contributed by atoms with Crippen LogP contribution in [0, 0.1) is 6.92 Å². The number of benzene rings is 1. The van der Waals surface area contributed by atoms with Gasteiger partial charge in [0.15, 0.2) is 0 Å². The van der Waals surface area contributed by atoms with E-state index in [1.165, 1.54) is 21.1 Å². The quantitative estimate of drug-likeness (QED) is 0.757. The Hall–Kier alpha value is -2.94. The van der Waals surface area contributed by atoms with E-state index in [4.69, 9.17) is 10.2 Å². The van der Waals surface area contributed by atoms with Gasteiger partial charge in [-0.1, -0.05) is 12.1 Å². The number of carbonyl (C=O) groups excluding carboxylic acids is 1. The van der Waals surface area contributed by atoms with Gasteiger partial charge in [-0.2, -0.15) is 0 Å². The Kier molecular flexibility index (Phi) is 5.93. The first kappa shape index (κ1) is 19.4. The van der Waals surface area contributed by atoms with Crippen molar-refractivity contribution >= 4 is 34.9 Å². The number of aliphatic carboxylic acids is 2. The Morgan fingerprint density at radius 1 is 1.12 bits per heavy atom. The summed E-state index contributed by atoms with van der Waals surface area (Å²) in [5, 5.41) is 20.4. The van der Waals surface area contributed by atoms with Crippen LogP contribution in [0.5, 0.6) is 0 Å². The number of hydrogen-bond acceptors (Lipinski definition) is 6. The van der Waals surface area contributed by atoms with Crippen molar-refractivity contribution in [1.29, 1.82) is 0 Å². The van der Waals surface area contributed by atoms with E-state index in [1.54, 1.807) is 44.6 Å². The number of aromatic nitrogens is 1. The average Bonchev–Trinajstić information content (AvgIpc) is 3.02. The van der Waals surface area contributed by atoms with Crippen molar-refractivity contribution in [3.05, 3.63) is 34.8 Å². The molecular formula is C17H19N3O5S. The Morgan fingerprint density at radius 2 is 1.73 bits per heavy atom. The molecule has 1 aromatic carbocycles. The van der Waals surface area contributed by atoms with E-state index >= 15 is 0 Å². The summed E-state index contributed by atoms with van der Waals surface area (Å²) in [6, 6.07) is 5.28. The highest BCUT2D eigenvalue weighted by atomic mass is 32.1. The lowest BCUT2D eigenvalue weighted by atomic mass is 10.1. The number of carboxylic acid groups (broad SMARTS) is 2. The minimum absolute atomic E-state index is 0.210. The molecule has 8 nitrogen and oxygen atoms in total. The smallest absolute Gasteiger partial charge is 0.323 e. The SMILES string of the molecule is Cc1ccc(-c2nc(C(=O)N(C)C)cs2)cc1N(CC(=O)O)CC(=O)O. The van der Waals surface area contributed by atoms with E-state index in [9.17, 15) is 14.4 Å². The Balaban J connectivity index is 2.41. The third-order valence-electron chi connectivity index (χ3n) is 3.58. The molecule has 0 bridgehead atoms. The number of nitrogens with zero attached hydrogens (tertiary/aromatic N) is 3. The number of amides is 1. The fourth-order valence-electron chi connectivity index (χ4n) is 2.37. The third kappa shape index (κ3) is 4.57. The molecule has 1 aromatic heterocycles. The Morgan fingerprint density at radius 3 is 2.27 bits per heavy atom. The first-order valence-corrected chi connectivity index (χ1v) is 8.53. The summed E-state index contributed by atoms with van der Waals surface area (Å²) in [4.78, 5) is 41.2. The second-order valence-electron chi connectivity index (χ2n) is 5.88. The fourth-order valence-corrected chi connectivity index (χ4v) is 3.16. The largest absolute Gasteiger partial charge is 0.480 e. The van der Waals surface area contributed by atoms with E-state index < -0.39 is 25.0 Å². The molecule has 2 rings (SSSR count). The molecule has 0 spiro atoms. The summed E-state index contributed by atoms with van der Waals surface area (Å²) in [6.45, 7) is 0.913. The molecule has 0 aliphatic rings. The summed E-state index contributed by atoms with van der Waals surface area (Å²) >= 11 is 1.29. The molecule has 0 aliphatic carbocycles. The molecule has 0 unspecified atom stereocenters. The highest BCUT2D eigenvalue weighted by Gasteiger charge is 2.18. The molecule has 2 N–H and O–H groups in total. The molecule has 9 heteroatoms. The summed E-state index contributed by atoms with van der Waals surface area (Å²) < 4.78 is 0. The number of carbonyl (C=O) groups is 3. The minimum Gasteiger partial charge on any atom is -0.480 e. The fraction of sp³-hybridized carbons (Fsp3) is 0.294. The summed E-state index contributed by atoms with van der Waals surface area (Å²) in [5.41, 5.74) is 2.26. The number of anilines is 1. The lowest BCUT2D eigenvalue weighted by Gasteiger charge is -2.23. The topological polar surface area (TPSA) is 111 Å². The van der Waals surface area contributed by atoms with Gasteiger partial charge in [-0.05, 0) is 18.6 Å². The van der Waals surface area contributed by atoms with Crippen LogP contribution < -0.4 is 4.90 Å². The van der Waals surface area contributed by atoms with Crippen LogP contribution in [0.15, 0.2) is 23.6 Å². The predicted octanol–water partition coefficient (Wildman–Crippen LogP) is 1.80. The van der Waals surface area contributed by atoms with E-state index in [0.29, 0.717) is 22.0 Å².